The molecule has 0 spiro atoms. The molecule has 1 atom stereocenters. The summed E-state index contributed by atoms with van der Waals surface area (Å²) in [5.74, 6) is 0.237. The van der Waals surface area contributed by atoms with Crippen molar-refractivity contribution in [3.63, 3.8) is 0 Å². The van der Waals surface area contributed by atoms with Crippen LogP contribution in [0.2, 0.25) is 0 Å². The van der Waals surface area contributed by atoms with E-state index in [1.54, 1.807) is 6.20 Å². The number of ether oxygens (including phenoxy) is 1. The summed E-state index contributed by atoms with van der Waals surface area (Å²) in [4.78, 5) is 15.3. The van der Waals surface area contributed by atoms with E-state index >= 15 is 0 Å². The molecule has 6 heteroatoms. The predicted octanol–water partition coefficient (Wildman–Crippen LogP) is 2.58. The van der Waals surface area contributed by atoms with Crippen molar-refractivity contribution in [1.29, 1.82) is 0 Å². The van der Waals surface area contributed by atoms with Gasteiger partial charge in [-0.2, -0.15) is 5.10 Å². The number of H-pyrrole nitrogens is 1. The summed E-state index contributed by atoms with van der Waals surface area (Å²) in [5, 5.41) is 10.4. The van der Waals surface area contributed by atoms with Gasteiger partial charge in [0.15, 0.2) is 0 Å². The maximum Gasteiger partial charge on any atom is 0.224 e. The molecule has 2 aliphatic rings. The SMILES string of the molecule is O=C(NCc1cn[nH]c1-c1ccccc1)[C@H]1CCCN(C2CCOCC2)C1. The lowest BCUT2D eigenvalue weighted by Crippen LogP contribution is -2.48. The second-order valence-electron chi connectivity index (χ2n) is 7.53. The molecule has 0 bridgehead atoms. The number of piperidine rings is 1. The van der Waals surface area contributed by atoms with Crippen LogP contribution in [-0.4, -0.2) is 53.3 Å². The van der Waals surface area contributed by atoms with Gasteiger partial charge in [0.05, 0.1) is 17.8 Å². The van der Waals surface area contributed by atoms with E-state index in [9.17, 15) is 4.79 Å². The number of hydrogen-bond donors (Lipinski definition) is 2. The summed E-state index contributed by atoms with van der Waals surface area (Å²) in [6.07, 6.45) is 6.05. The Balaban J connectivity index is 1.34. The van der Waals surface area contributed by atoms with E-state index in [1.165, 1.54) is 0 Å². The minimum absolute atomic E-state index is 0.0775. The van der Waals surface area contributed by atoms with E-state index in [0.29, 0.717) is 12.6 Å². The molecule has 0 aliphatic carbocycles. The third-order valence-electron chi connectivity index (χ3n) is 5.76. The normalized spacial score (nSPS) is 21.9. The molecular formula is C21H28N4O2. The number of aromatic nitrogens is 2. The van der Waals surface area contributed by atoms with E-state index in [2.05, 4.69) is 20.4 Å². The molecular weight excluding hydrogens is 340 g/mol. The molecule has 2 saturated heterocycles. The van der Waals surface area contributed by atoms with Crippen LogP contribution in [-0.2, 0) is 16.1 Å². The van der Waals surface area contributed by atoms with Crippen molar-refractivity contribution in [2.24, 2.45) is 5.92 Å². The summed E-state index contributed by atoms with van der Waals surface area (Å²) in [6, 6.07) is 10.7. The summed E-state index contributed by atoms with van der Waals surface area (Å²) >= 11 is 0. The Morgan fingerprint density at radius 3 is 2.85 bits per heavy atom. The van der Waals surface area contributed by atoms with Gasteiger partial charge in [-0.05, 0) is 37.8 Å². The largest absolute Gasteiger partial charge is 0.381 e. The highest BCUT2D eigenvalue weighted by molar-refractivity contribution is 5.79. The molecule has 4 rings (SSSR count). The molecule has 3 heterocycles. The summed E-state index contributed by atoms with van der Waals surface area (Å²) in [5.41, 5.74) is 3.08. The molecule has 144 valence electrons. The average Bonchev–Trinajstić information content (AvgIpc) is 3.22. The van der Waals surface area contributed by atoms with Crippen molar-refractivity contribution in [2.45, 2.75) is 38.3 Å². The van der Waals surface area contributed by atoms with Gasteiger partial charge in [0.1, 0.15) is 0 Å². The topological polar surface area (TPSA) is 70.2 Å². The standard InChI is InChI=1S/C21H28N4O2/c26-21(17-7-4-10-25(15-17)19-8-11-27-12-9-19)22-13-18-14-23-24-20(18)16-5-2-1-3-6-16/h1-3,5-6,14,17,19H,4,7-13,15H2,(H,22,26)(H,23,24)/t17-/m0/s1. The Labute approximate surface area is 160 Å². The van der Waals surface area contributed by atoms with Gasteiger partial charge >= 0.3 is 0 Å². The van der Waals surface area contributed by atoms with Crippen LogP contribution in [0, 0.1) is 5.92 Å². The first kappa shape index (κ1) is 18.2. The van der Waals surface area contributed by atoms with E-state index in [1.807, 2.05) is 30.3 Å². The maximum absolute atomic E-state index is 12.8. The Morgan fingerprint density at radius 1 is 1.22 bits per heavy atom. The fourth-order valence-corrected chi connectivity index (χ4v) is 4.23. The first-order valence-corrected chi connectivity index (χ1v) is 9.98. The number of nitrogens with zero attached hydrogens (tertiary/aromatic N) is 2. The zero-order chi connectivity index (χ0) is 18.5. The number of hydrogen-bond acceptors (Lipinski definition) is 4. The third kappa shape index (κ3) is 4.39. The number of likely N-dealkylation sites (tertiary alicyclic amines) is 1. The molecule has 1 aromatic heterocycles. The average molecular weight is 368 g/mol. The summed E-state index contributed by atoms with van der Waals surface area (Å²) < 4.78 is 5.48. The van der Waals surface area contributed by atoms with Crippen molar-refractivity contribution in [3.8, 4) is 11.3 Å². The van der Waals surface area contributed by atoms with Crippen molar-refractivity contribution < 1.29 is 9.53 Å². The van der Waals surface area contributed by atoms with E-state index < -0.39 is 0 Å². The van der Waals surface area contributed by atoms with E-state index in [0.717, 1.165) is 68.8 Å². The lowest BCUT2D eigenvalue weighted by Gasteiger charge is -2.39. The first-order chi connectivity index (χ1) is 13.3. The molecule has 2 aliphatic heterocycles. The molecule has 1 amide bonds. The zero-order valence-corrected chi connectivity index (χ0v) is 15.7. The minimum atomic E-state index is 0.0775. The fraction of sp³-hybridized carbons (Fsp3) is 0.524. The van der Waals surface area contributed by atoms with Crippen LogP contribution in [0.3, 0.4) is 0 Å². The maximum atomic E-state index is 12.8. The van der Waals surface area contributed by atoms with Crippen LogP contribution < -0.4 is 5.32 Å². The van der Waals surface area contributed by atoms with Gasteiger partial charge in [0.25, 0.3) is 0 Å². The highest BCUT2D eigenvalue weighted by Crippen LogP contribution is 2.24. The zero-order valence-electron chi connectivity index (χ0n) is 15.7. The monoisotopic (exact) mass is 368 g/mol. The van der Waals surface area contributed by atoms with E-state index in [4.69, 9.17) is 4.74 Å². The number of carbonyl (C=O) groups excluding carboxylic acids is 1. The lowest BCUT2D eigenvalue weighted by atomic mass is 9.94. The molecule has 0 saturated carbocycles. The van der Waals surface area contributed by atoms with Gasteiger partial charge in [-0.15, -0.1) is 0 Å². The lowest BCUT2D eigenvalue weighted by molar-refractivity contribution is -0.127. The van der Waals surface area contributed by atoms with E-state index in [-0.39, 0.29) is 11.8 Å². The summed E-state index contributed by atoms with van der Waals surface area (Å²) in [6.45, 7) is 4.18. The third-order valence-corrected chi connectivity index (χ3v) is 5.76. The molecule has 2 aromatic rings. The highest BCUT2D eigenvalue weighted by atomic mass is 16.5. The molecule has 1 aromatic carbocycles. The number of amides is 1. The molecule has 0 unspecified atom stereocenters. The van der Waals surface area contributed by atoms with Crippen LogP contribution in [0.15, 0.2) is 36.5 Å². The van der Waals surface area contributed by atoms with Gasteiger partial charge in [0, 0.05) is 37.9 Å². The van der Waals surface area contributed by atoms with Crippen LogP contribution in [0.5, 0.6) is 0 Å². The van der Waals surface area contributed by atoms with Gasteiger partial charge in [-0.1, -0.05) is 30.3 Å². The van der Waals surface area contributed by atoms with Gasteiger partial charge in [0.2, 0.25) is 5.91 Å². The Bertz CT molecular complexity index is 740. The van der Waals surface area contributed by atoms with Gasteiger partial charge in [-0.25, -0.2) is 0 Å². The van der Waals surface area contributed by atoms with Crippen LogP contribution in [0.4, 0.5) is 0 Å². The fourth-order valence-electron chi connectivity index (χ4n) is 4.23. The number of aromatic amines is 1. The number of benzene rings is 1. The number of nitrogens with one attached hydrogen (secondary N) is 2. The minimum Gasteiger partial charge on any atom is -0.381 e. The predicted molar refractivity (Wildman–Crippen MR) is 104 cm³/mol. The molecule has 6 nitrogen and oxygen atoms in total. The van der Waals surface area contributed by atoms with Crippen LogP contribution >= 0.6 is 0 Å². The molecule has 2 N–H and O–H groups in total. The van der Waals surface area contributed by atoms with Crippen LogP contribution in [0.1, 0.15) is 31.2 Å². The quantitative estimate of drug-likeness (QED) is 0.851. The first-order valence-electron chi connectivity index (χ1n) is 9.98. The van der Waals surface area contributed by atoms with Gasteiger partial charge < -0.3 is 10.1 Å². The Morgan fingerprint density at radius 2 is 2.04 bits per heavy atom. The highest BCUT2D eigenvalue weighted by Gasteiger charge is 2.30. The number of carbonyl (C=O) groups is 1. The Kier molecular flexibility index (Phi) is 5.84. The second kappa shape index (κ2) is 8.67. The molecule has 0 radical (unpaired) electrons. The van der Waals surface area contributed by atoms with Crippen molar-refractivity contribution in [1.82, 2.24) is 20.4 Å². The van der Waals surface area contributed by atoms with Crippen LogP contribution in [0.25, 0.3) is 11.3 Å². The second-order valence-corrected chi connectivity index (χ2v) is 7.53. The van der Waals surface area contributed by atoms with Crippen molar-refractivity contribution in [2.75, 3.05) is 26.3 Å². The molecule has 2 fully saturated rings. The number of rotatable bonds is 5. The Hall–Kier alpha value is -2.18. The smallest absolute Gasteiger partial charge is 0.224 e. The summed E-state index contributed by atoms with van der Waals surface area (Å²) in [7, 11) is 0. The van der Waals surface area contributed by atoms with Crippen molar-refractivity contribution >= 4 is 5.91 Å². The molecule has 27 heavy (non-hydrogen) atoms. The van der Waals surface area contributed by atoms with Gasteiger partial charge in [-0.3, -0.25) is 14.8 Å². The van der Waals surface area contributed by atoms with Crippen molar-refractivity contribution in [3.05, 3.63) is 42.1 Å².